The summed E-state index contributed by atoms with van der Waals surface area (Å²) in [7, 11) is 0. The highest BCUT2D eigenvalue weighted by Gasteiger charge is 2.70. The van der Waals surface area contributed by atoms with Gasteiger partial charge < -0.3 is 14.2 Å². The SMILES string of the molecule is CC(=O)O[C@@H]1CC[C@]2(C)[C@H](CC[C@]3(C)[C@@H]2C(=O)C=C2[C@@H]4C[C@](C)(C(=O)OC[C@@H]5CCCO5)CC[C@]4(C)CC[C@@]23C)C1(C)C. The molecule has 0 aromatic rings. The standard InChI is InChI=1S/C37H56O6/c1-23(38)43-29-12-13-35(6)28(32(29,2)3)11-14-37(8)30(35)27(39)20-25-26-21-34(5,31(40)42-22-24-10-9-19-41-24)16-15-33(26,4)17-18-36(25,37)7/h20,24,26,28-30H,9-19,21-22H2,1-8H3/t24-,26-,28+,29+,30+,33+,34+,35+,36-,37+/m0/s1. The number of ketones is 1. The molecule has 0 aromatic carbocycles. The average Bonchev–Trinajstić information content (AvgIpc) is 3.45. The van der Waals surface area contributed by atoms with Crippen LogP contribution < -0.4 is 0 Å². The fourth-order valence-electron chi connectivity index (χ4n) is 11.9. The van der Waals surface area contributed by atoms with Crippen LogP contribution in [0.4, 0.5) is 0 Å². The molecule has 5 fully saturated rings. The Bertz CT molecular complexity index is 1210. The maximum atomic E-state index is 14.6. The number of allylic oxidation sites excluding steroid dienone is 2. The summed E-state index contributed by atoms with van der Waals surface area (Å²) >= 11 is 0. The molecule has 1 heterocycles. The van der Waals surface area contributed by atoms with E-state index < -0.39 is 5.41 Å². The van der Waals surface area contributed by atoms with Crippen LogP contribution in [0.25, 0.3) is 0 Å². The Kier molecular flexibility index (Phi) is 7.39. The first kappa shape index (κ1) is 31.3. The molecule has 10 atom stereocenters. The predicted octanol–water partition coefficient (Wildman–Crippen LogP) is 7.62. The topological polar surface area (TPSA) is 78.9 Å². The number of hydrogen-bond acceptors (Lipinski definition) is 6. The molecule has 0 amide bonds. The first-order valence-corrected chi connectivity index (χ1v) is 17.2. The second-order valence-corrected chi connectivity index (χ2v) is 17.4. The maximum Gasteiger partial charge on any atom is 0.311 e. The van der Waals surface area contributed by atoms with Gasteiger partial charge in [-0.25, -0.2) is 0 Å². The van der Waals surface area contributed by atoms with E-state index in [0.717, 1.165) is 77.2 Å². The molecule has 6 heteroatoms. The Hall–Kier alpha value is -1.69. The fraction of sp³-hybridized carbons (Fsp3) is 0.865. The van der Waals surface area contributed by atoms with Gasteiger partial charge in [-0.15, -0.1) is 0 Å². The van der Waals surface area contributed by atoms with E-state index in [0.29, 0.717) is 18.3 Å². The van der Waals surface area contributed by atoms with Crippen LogP contribution in [0.2, 0.25) is 0 Å². The maximum absolute atomic E-state index is 14.6. The molecule has 240 valence electrons. The van der Waals surface area contributed by atoms with E-state index in [4.69, 9.17) is 14.2 Å². The molecule has 0 N–H and O–H groups in total. The van der Waals surface area contributed by atoms with Crippen LogP contribution in [0.15, 0.2) is 11.6 Å². The van der Waals surface area contributed by atoms with Crippen molar-refractivity contribution in [2.45, 2.75) is 138 Å². The molecule has 6 rings (SSSR count). The van der Waals surface area contributed by atoms with Crippen molar-refractivity contribution in [3.8, 4) is 0 Å². The molecule has 4 saturated carbocycles. The van der Waals surface area contributed by atoms with E-state index in [9.17, 15) is 14.4 Å². The Labute approximate surface area is 259 Å². The van der Waals surface area contributed by atoms with Crippen LogP contribution in [0.5, 0.6) is 0 Å². The normalized spacial score (nSPS) is 48.6. The zero-order chi connectivity index (χ0) is 31.2. The third-order valence-corrected chi connectivity index (χ3v) is 14.7. The third-order valence-electron chi connectivity index (χ3n) is 14.7. The second-order valence-electron chi connectivity index (χ2n) is 17.4. The van der Waals surface area contributed by atoms with Gasteiger partial charge in [0, 0.05) is 24.9 Å². The van der Waals surface area contributed by atoms with Crippen LogP contribution in [-0.4, -0.2) is 43.1 Å². The van der Waals surface area contributed by atoms with Crippen molar-refractivity contribution in [2.75, 3.05) is 13.2 Å². The Morgan fingerprint density at radius 1 is 0.930 bits per heavy atom. The molecular formula is C37H56O6. The zero-order valence-electron chi connectivity index (χ0n) is 28.1. The quantitative estimate of drug-likeness (QED) is 0.311. The summed E-state index contributed by atoms with van der Waals surface area (Å²) in [5, 5.41) is 0. The molecule has 0 unspecified atom stereocenters. The average molecular weight is 597 g/mol. The van der Waals surface area contributed by atoms with Crippen molar-refractivity contribution in [3.63, 3.8) is 0 Å². The molecule has 0 spiro atoms. The predicted molar refractivity (Wildman–Crippen MR) is 165 cm³/mol. The van der Waals surface area contributed by atoms with E-state index in [2.05, 4.69) is 54.5 Å². The first-order valence-electron chi connectivity index (χ1n) is 17.2. The number of ether oxygens (including phenoxy) is 3. The number of esters is 2. The van der Waals surface area contributed by atoms with Gasteiger partial charge in [-0.05, 0) is 117 Å². The van der Waals surface area contributed by atoms with E-state index in [1.807, 2.05) is 0 Å². The van der Waals surface area contributed by atoms with Gasteiger partial charge in [-0.3, -0.25) is 14.4 Å². The van der Waals surface area contributed by atoms with Gasteiger partial charge in [0.05, 0.1) is 11.5 Å². The van der Waals surface area contributed by atoms with Crippen LogP contribution in [0, 0.1) is 50.2 Å². The molecule has 6 nitrogen and oxygen atoms in total. The van der Waals surface area contributed by atoms with Gasteiger partial charge in [0.1, 0.15) is 12.7 Å². The Morgan fingerprint density at radius 3 is 2.33 bits per heavy atom. The van der Waals surface area contributed by atoms with Gasteiger partial charge in [-0.1, -0.05) is 47.1 Å². The van der Waals surface area contributed by atoms with Gasteiger partial charge in [0.25, 0.3) is 0 Å². The minimum atomic E-state index is -0.550. The summed E-state index contributed by atoms with van der Waals surface area (Å²) in [6, 6.07) is 0. The number of fused-ring (bicyclic) bond motifs is 7. The molecule has 0 radical (unpaired) electrons. The van der Waals surface area contributed by atoms with Gasteiger partial charge in [0.15, 0.2) is 5.78 Å². The summed E-state index contributed by atoms with van der Waals surface area (Å²) in [6.45, 7) is 18.9. The van der Waals surface area contributed by atoms with Crippen LogP contribution in [-0.2, 0) is 28.6 Å². The summed E-state index contributed by atoms with van der Waals surface area (Å²) in [4.78, 5) is 40.2. The van der Waals surface area contributed by atoms with Crippen LogP contribution >= 0.6 is 0 Å². The monoisotopic (exact) mass is 596 g/mol. The lowest BCUT2D eigenvalue weighted by atomic mass is 9.33. The summed E-state index contributed by atoms with van der Waals surface area (Å²) in [6.07, 6.45) is 12.5. The first-order chi connectivity index (χ1) is 20.0. The molecular weight excluding hydrogens is 540 g/mol. The second kappa shape index (κ2) is 10.2. The highest BCUT2D eigenvalue weighted by molar-refractivity contribution is 5.95. The summed E-state index contributed by atoms with van der Waals surface area (Å²) in [5.41, 5.74) is 0.270. The largest absolute Gasteiger partial charge is 0.463 e. The number of rotatable bonds is 4. The third kappa shape index (κ3) is 4.53. The van der Waals surface area contributed by atoms with Gasteiger partial charge in [-0.2, -0.15) is 0 Å². The molecule has 5 aliphatic carbocycles. The van der Waals surface area contributed by atoms with Crippen molar-refractivity contribution >= 4 is 17.7 Å². The molecule has 43 heavy (non-hydrogen) atoms. The number of carbonyl (C=O) groups excluding carboxylic acids is 3. The van der Waals surface area contributed by atoms with Crippen molar-refractivity contribution in [1.29, 1.82) is 0 Å². The van der Waals surface area contributed by atoms with Crippen molar-refractivity contribution in [3.05, 3.63) is 11.6 Å². The van der Waals surface area contributed by atoms with Crippen molar-refractivity contribution in [1.82, 2.24) is 0 Å². The number of hydrogen-bond donors (Lipinski definition) is 0. The van der Waals surface area contributed by atoms with E-state index in [-0.39, 0.29) is 63.1 Å². The van der Waals surface area contributed by atoms with Gasteiger partial charge >= 0.3 is 11.9 Å². The lowest BCUT2D eigenvalue weighted by Gasteiger charge is -2.70. The smallest absolute Gasteiger partial charge is 0.311 e. The molecule has 0 bridgehead atoms. The van der Waals surface area contributed by atoms with E-state index >= 15 is 0 Å². The van der Waals surface area contributed by atoms with Crippen molar-refractivity contribution < 1.29 is 28.6 Å². The van der Waals surface area contributed by atoms with Gasteiger partial charge in [0.2, 0.25) is 0 Å². The zero-order valence-corrected chi connectivity index (χ0v) is 28.1. The lowest BCUT2D eigenvalue weighted by Crippen LogP contribution is -2.66. The summed E-state index contributed by atoms with van der Waals surface area (Å²) in [5.74, 6) is 0.440. The summed E-state index contributed by atoms with van der Waals surface area (Å²) < 4.78 is 17.5. The lowest BCUT2D eigenvalue weighted by molar-refractivity contribution is -0.210. The van der Waals surface area contributed by atoms with E-state index in [1.54, 1.807) is 0 Å². The Morgan fingerprint density at radius 2 is 1.65 bits per heavy atom. The molecule has 1 saturated heterocycles. The Balaban J connectivity index is 1.32. The van der Waals surface area contributed by atoms with Crippen LogP contribution in [0.1, 0.15) is 126 Å². The van der Waals surface area contributed by atoms with Crippen molar-refractivity contribution in [2.24, 2.45) is 50.2 Å². The van der Waals surface area contributed by atoms with Crippen LogP contribution in [0.3, 0.4) is 0 Å². The molecule has 0 aromatic heterocycles. The number of carbonyl (C=O) groups is 3. The molecule has 6 aliphatic rings. The highest BCUT2D eigenvalue weighted by Crippen LogP contribution is 2.75. The fourth-order valence-corrected chi connectivity index (χ4v) is 11.9. The molecule has 1 aliphatic heterocycles. The highest BCUT2D eigenvalue weighted by atomic mass is 16.6. The minimum absolute atomic E-state index is 0.0282. The van der Waals surface area contributed by atoms with E-state index in [1.165, 1.54) is 12.5 Å². The minimum Gasteiger partial charge on any atom is -0.463 e.